The van der Waals surface area contributed by atoms with Gasteiger partial charge in [0.25, 0.3) is 0 Å². The van der Waals surface area contributed by atoms with Crippen LogP contribution in [0.15, 0.2) is 0 Å². The summed E-state index contributed by atoms with van der Waals surface area (Å²) in [5.74, 6) is 0. The molecule has 0 heterocycles. The van der Waals surface area contributed by atoms with Crippen molar-refractivity contribution in [2.24, 2.45) is 0 Å². The van der Waals surface area contributed by atoms with Gasteiger partial charge in [0.1, 0.15) is 0 Å². The molecule has 0 spiro atoms. The summed E-state index contributed by atoms with van der Waals surface area (Å²) in [4.78, 5) is 1.98. The summed E-state index contributed by atoms with van der Waals surface area (Å²) in [5.41, 5.74) is 0. The topological polar surface area (TPSA) is 27.0 Å². The van der Waals surface area contributed by atoms with Gasteiger partial charge in [-0.3, -0.25) is 4.90 Å². The van der Waals surface area contributed by atoms with E-state index in [2.05, 4.69) is 13.0 Å². The van der Waals surface area contributed by atoms with Crippen molar-refractivity contribution in [2.45, 2.75) is 38.6 Å². The Morgan fingerprint density at radius 1 is 1.36 bits per heavy atom. The van der Waals surface area contributed by atoms with Crippen LogP contribution < -0.4 is 0 Å². The van der Waals surface area contributed by atoms with Gasteiger partial charge in [-0.2, -0.15) is 5.26 Å². The second-order valence-corrected chi connectivity index (χ2v) is 3.10. The van der Waals surface area contributed by atoms with Gasteiger partial charge in [-0.15, -0.1) is 0 Å². The minimum Gasteiger partial charge on any atom is -0.294 e. The SMILES string of the molecule is CCCCCC(C#N)N(C)C. The Kier molecular flexibility index (Phi) is 5.87. The Balaban J connectivity index is 3.47. The number of nitriles is 1. The van der Waals surface area contributed by atoms with Gasteiger partial charge in [0, 0.05) is 0 Å². The van der Waals surface area contributed by atoms with Gasteiger partial charge in [0.2, 0.25) is 0 Å². The summed E-state index contributed by atoms with van der Waals surface area (Å²) in [6.45, 7) is 2.18. The van der Waals surface area contributed by atoms with Crippen molar-refractivity contribution in [3.05, 3.63) is 0 Å². The molecule has 0 aromatic heterocycles. The third-order valence-corrected chi connectivity index (χ3v) is 1.85. The van der Waals surface area contributed by atoms with Gasteiger partial charge in [-0.05, 0) is 20.5 Å². The molecule has 0 saturated carbocycles. The van der Waals surface area contributed by atoms with Crippen LogP contribution in [0, 0.1) is 11.3 Å². The summed E-state index contributed by atoms with van der Waals surface area (Å²) >= 11 is 0. The molecule has 11 heavy (non-hydrogen) atoms. The van der Waals surface area contributed by atoms with Crippen molar-refractivity contribution in [3.8, 4) is 6.07 Å². The van der Waals surface area contributed by atoms with Crippen molar-refractivity contribution in [3.63, 3.8) is 0 Å². The predicted molar refractivity (Wildman–Crippen MR) is 47.2 cm³/mol. The molecule has 0 amide bonds. The van der Waals surface area contributed by atoms with E-state index in [0.717, 1.165) is 6.42 Å². The largest absolute Gasteiger partial charge is 0.294 e. The van der Waals surface area contributed by atoms with E-state index in [1.807, 2.05) is 19.0 Å². The Bertz CT molecular complexity index is 124. The lowest BCUT2D eigenvalue weighted by Crippen LogP contribution is -2.25. The average molecular weight is 154 g/mol. The maximum Gasteiger partial charge on any atom is 0.0972 e. The molecule has 0 radical (unpaired) electrons. The fraction of sp³-hybridized carbons (Fsp3) is 0.889. The molecule has 0 bridgehead atoms. The van der Waals surface area contributed by atoms with Crippen LogP contribution in [-0.2, 0) is 0 Å². The summed E-state index contributed by atoms with van der Waals surface area (Å²) in [6, 6.07) is 2.40. The number of nitrogens with zero attached hydrogens (tertiary/aromatic N) is 2. The minimum absolute atomic E-state index is 0.113. The van der Waals surface area contributed by atoms with Crippen molar-refractivity contribution < 1.29 is 0 Å². The van der Waals surface area contributed by atoms with Crippen LogP contribution in [0.1, 0.15) is 32.6 Å². The molecule has 0 aliphatic rings. The van der Waals surface area contributed by atoms with Gasteiger partial charge < -0.3 is 0 Å². The van der Waals surface area contributed by atoms with Gasteiger partial charge in [-0.1, -0.05) is 26.2 Å². The van der Waals surface area contributed by atoms with E-state index >= 15 is 0 Å². The van der Waals surface area contributed by atoms with Crippen LogP contribution in [0.4, 0.5) is 0 Å². The van der Waals surface area contributed by atoms with Crippen molar-refractivity contribution in [1.82, 2.24) is 4.90 Å². The molecule has 1 unspecified atom stereocenters. The van der Waals surface area contributed by atoms with E-state index in [0.29, 0.717) is 0 Å². The zero-order valence-corrected chi connectivity index (χ0v) is 7.80. The average Bonchev–Trinajstić information content (AvgIpc) is 1.97. The van der Waals surface area contributed by atoms with Crippen molar-refractivity contribution >= 4 is 0 Å². The number of hydrogen-bond acceptors (Lipinski definition) is 2. The Hall–Kier alpha value is -0.550. The molecule has 2 heteroatoms. The normalized spacial score (nSPS) is 13.0. The van der Waals surface area contributed by atoms with E-state index in [4.69, 9.17) is 5.26 Å². The van der Waals surface area contributed by atoms with Gasteiger partial charge >= 0.3 is 0 Å². The fourth-order valence-electron chi connectivity index (χ4n) is 1.03. The monoisotopic (exact) mass is 154 g/mol. The maximum atomic E-state index is 8.70. The maximum absolute atomic E-state index is 8.70. The molecule has 0 aliphatic carbocycles. The fourth-order valence-corrected chi connectivity index (χ4v) is 1.03. The molecule has 0 fully saturated rings. The van der Waals surface area contributed by atoms with Crippen molar-refractivity contribution in [2.75, 3.05) is 14.1 Å². The highest BCUT2D eigenvalue weighted by Gasteiger charge is 2.07. The highest BCUT2D eigenvalue weighted by Crippen LogP contribution is 2.05. The molecule has 0 rings (SSSR count). The first-order valence-electron chi connectivity index (χ1n) is 4.28. The summed E-state index contributed by atoms with van der Waals surface area (Å²) < 4.78 is 0. The van der Waals surface area contributed by atoms with Crippen molar-refractivity contribution in [1.29, 1.82) is 5.26 Å². The van der Waals surface area contributed by atoms with E-state index in [1.165, 1.54) is 19.3 Å². The van der Waals surface area contributed by atoms with Crippen LogP contribution >= 0.6 is 0 Å². The van der Waals surface area contributed by atoms with Gasteiger partial charge in [0.05, 0.1) is 12.1 Å². The van der Waals surface area contributed by atoms with Gasteiger partial charge in [-0.25, -0.2) is 0 Å². The number of unbranched alkanes of at least 4 members (excludes halogenated alkanes) is 2. The molecular weight excluding hydrogens is 136 g/mol. The highest BCUT2D eigenvalue weighted by atomic mass is 15.1. The molecule has 2 nitrogen and oxygen atoms in total. The molecule has 0 aromatic rings. The lowest BCUT2D eigenvalue weighted by molar-refractivity contribution is 0.327. The van der Waals surface area contributed by atoms with Gasteiger partial charge in [0.15, 0.2) is 0 Å². The second kappa shape index (κ2) is 6.18. The number of rotatable bonds is 5. The number of hydrogen-bond donors (Lipinski definition) is 0. The van der Waals surface area contributed by atoms with E-state index < -0.39 is 0 Å². The summed E-state index contributed by atoms with van der Waals surface area (Å²) in [6.07, 6.45) is 4.65. The Morgan fingerprint density at radius 3 is 2.36 bits per heavy atom. The zero-order chi connectivity index (χ0) is 8.69. The lowest BCUT2D eigenvalue weighted by atomic mass is 10.1. The lowest BCUT2D eigenvalue weighted by Gasteiger charge is -2.16. The Labute approximate surface area is 69.8 Å². The van der Waals surface area contributed by atoms with E-state index in [1.54, 1.807) is 0 Å². The zero-order valence-electron chi connectivity index (χ0n) is 7.80. The first-order valence-corrected chi connectivity index (χ1v) is 4.28. The molecular formula is C9H18N2. The van der Waals surface area contributed by atoms with Crippen LogP contribution in [0.5, 0.6) is 0 Å². The third kappa shape index (κ3) is 4.80. The first kappa shape index (κ1) is 10.4. The highest BCUT2D eigenvalue weighted by molar-refractivity contribution is 4.88. The molecule has 64 valence electrons. The van der Waals surface area contributed by atoms with Crippen LogP contribution in [-0.4, -0.2) is 25.0 Å². The predicted octanol–water partition coefficient (Wildman–Crippen LogP) is 2.02. The Morgan fingerprint density at radius 2 is 2.00 bits per heavy atom. The quantitative estimate of drug-likeness (QED) is 0.566. The molecule has 0 N–H and O–H groups in total. The molecule has 0 saturated heterocycles. The third-order valence-electron chi connectivity index (χ3n) is 1.85. The first-order chi connectivity index (χ1) is 5.22. The smallest absolute Gasteiger partial charge is 0.0972 e. The van der Waals surface area contributed by atoms with Crippen LogP contribution in [0.2, 0.25) is 0 Å². The standard InChI is InChI=1S/C9H18N2/c1-4-5-6-7-9(8-10)11(2)3/h9H,4-7H2,1-3H3. The van der Waals surface area contributed by atoms with Crippen LogP contribution in [0.25, 0.3) is 0 Å². The summed E-state index contributed by atoms with van der Waals surface area (Å²) in [5, 5.41) is 8.70. The minimum atomic E-state index is 0.113. The molecule has 1 atom stereocenters. The molecule has 0 aromatic carbocycles. The van der Waals surface area contributed by atoms with E-state index in [-0.39, 0.29) is 6.04 Å². The van der Waals surface area contributed by atoms with E-state index in [9.17, 15) is 0 Å². The van der Waals surface area contributed by atoms with Crippen LogP contribution in [0.3, 0.4) is 0 Å². The summed E-state index contributed by atoms with van der Waals surface area (Å²) in [7, 11) is 3.92. The second-order valence-electron chi connectivity index (χ2n) is 3.10. The molecule has 0 aliphatic heterocycles.